The van der Waals surface area contributed by atoms with Crippen molar-refractivity contribution in [3.63, 3.8) is 0 Å². The summed E-state index contributed by atoms with van der Waals surface area (Å²) in [7, 11) is -2.08. The van der Waals surface area contributed by atoms with Crippen LogP contribution in [0.1, 0.15) is 34.6 Å². The molecule has 0 saturated heterocycles. The van der Waals surface area contributed by atoms with Crippen molar-refractivity contribution in [3.8, 4) is 0 Å². The van der Waals surface area contributed by atoms with Gasteiger partial charge in [-0.1, -0.05) is 13.8 Å². The van der Waals surface area contributed by atoms with E-state index in [0.29, 0.717) is 17.2 Å². The average molecular weight is 243 g/mol. The molecule has 0 N–H and O–H groups in total. The van der Waals surface area contributed by atoms with Gasteiger partial charge in [-0.3, -0.25) is 4.68 Å². The van der Waals surface area contributed by atoms with Crippen LogP contribution in [-0.2, 0) is 15.3 Å². The maximum Gasteiger partial charge on any atom is 0.111 e. The molecule has 0 radical (unpaired) electrons. The highest BCUT2D eigenvalue weighted by Crippen LogP contribution is 2.19. The Morgan fingerprint density at radius 3 is 2.31 bits per heavy atom. The Labute approximate surface area is 98.2 Å². The lowest BCUT2D eigenvalue weighted by Gasteiger charge is -2.18. The lowest BCUT2D eigenvalue weighted by atomic mass is 10.1. The van der Waals surface area contributed by atoms with Crippen molar-refractivity contribution in [2.45, 2.75) is 40.2 Å². The Morgan fingerprint density at radius 1 is 1.38 bits per heavy atom. The zero-order valence-electron chi connectivity index (χ0n) is 10.7. The van der Waals surface area contributed by atoms with Gasteiger partial charge in [0.15, 0.2) is 0 Å². The van der Waals surface area contributed by atoms with E-state index in [9.17, 15) is 4.21 Å². The third-order valence-corrected chi connectivity index (χ3v) is 4.78. The van der Waals surface area contributed by atoms with E-state index in [-0.39, 0.29) is 5.54 Å². The Bertz CT molecular complexity index is 452. The molecule has 0 bridgehead atoms. The summed E-state index contributed by atoms with van der Waals surface area (Å²) >= 11 is 0. The van der Waals surface area contributed by atoms with Crippen molar-refractivity contribution in [3.05, 3.63) is 12.4 Å². The Kier molecular flexibility index (Phi) is 3.78. The molecule has 0 unspecified atom stereocenters. The fourth-order valence-corrected chi connectivity index (χ4v) is 2.40. The minimum absolute atomic E-state index is 0.0624. The predicted octanol–water partition coefficient (Wildman–Crippen LogP) is 2.78. The molecule has 16 heavy (non-hydrogen) atoms. The largest absolute Gasteiger partial charge is 0.265 e. The van der Waals surface area contributed by atoms with Crippen molar-refractivity contribution in [2.75, 3.05) is 11.5 Å². The predicted molar refractivity (Wildman–Crippen MR) is 68.5 cm³/mol. The summed E-state index contributed by atoms with van der Waals surface area (Å²) in [5.74, 6) is 1.17. The summed E-state index contributed by atoms with van der Waals surface area (Å²) in [6, 6.07) is 0. The zero-order valence-corrected chi connectivity index (χ0v) is 11.5. The molecule has 0 fully saturated rings. The molecule has 1 aromatic rings. The van der Waals surface area contributed by atoms with Gasteiger partial charge in [-0.25, -0.2) is 4.21 Å². The average Bonchev–Trinajstić information content (AvgIpc) is 2.65. The van der Waals surface area contributed by atoms with Gasteiger partial charge in [0.2, 0.25) is 0 Å². The first-order valence-electron chi connectivity index (χ1n) is 5.58. The Hall–Kier alpha value is -0.840. The standard InChI is InChI=1S/C11H21N3OS/c1-6-16(15,7-2)13-10-8-12-14(9-10)11(3,4)5/h8-9H,6-7H2,1-5H3. The number of rotatable bonds is 3. The van der Waals surface area contributed by atoms with Gasteiger partial charge in [-0.2, -0.15) is 9.46 Å². The van der Waals surface area contributed by atoms with Gasteiger partial charge in [-0.05, 0) is 20.8 Å². The van der Waals surface area contributed by atoms with Gasteiger partial charge >= 0.3 is 0 Å². The van der Waals surface area contributed by atoms with Gasteiger partial charge in [0.1, 0.15) is 5.69 Å². The van der Waals surface area contributed by atoms with E-state index in [4.69, 9.17) is 0 Å². The van der Waals surface area contributed by atoms with E-state index in [1.54, 1.807) is 6.20 Å². The van der Waals surface area contributed by atoms with E-state index >= 15 is 0 Å². The number of hydrogen-bond acceptors (Lipinski definition) is 3. The first-order chi connectivity index (χ1) is 7.30. The highest BCUT2D eigenvalue weighted by Gasteiger charge is 2.14. The summed E-state index contributed by atoms with van der Waals surface area (Å²) in [6.07, 6.45) is 3.53. The molecule has 5 heteroatoms. The molecule has 0 amide bonds. The van der Waals surface area contributed by atoms with Crippen LogP contribution >= 0.6 is 0 Å². The third-order valence-electron chi connectivity index (χ3n) is 2.43. The van der Waals surface area contributed by atoms with Crippen molar-refractivity contribution in [1.82, 2.24) is 9.78 Å². The second-order valence-corrected chi connectivity index (χ2v) is 7.64. The molecule has 0 aromatic carbocycles. The molecule has 0 aliphatic rings. The van der Waals surface area contributed by atoms with Crippen LogP contribution in [0.4, 0.5) is 5.69 Å². The van der Waals surface area contributed by atoms with Crippen molar-refractivity contribution >= 4 is 15.4 Å². The molecule has 92 valence electrons. The molecular formula is C11H21N3OS. The molecule has 1 heterocycles. The topological polar surface area (TPSA) is 47.2 Å². The molecular weight excluding hydrogens is 222 g/mol. The van der Waals surface area contributed by atoms with Crippen LogP contribution in [0.5, 0.6) is 0 Å². The fraction of sp³-hybridized carbons (Fsp3) is 0.727. The second-order valence-electron chi connectivity index (χ2n) is 4.76. The number of nitrogens with zero attached hydrogens (tertiary/aromatic N) is 3. The SMILES string of the molecule is CCS(=O)(CC)=Nc1cnn(C(C)(C)C)c1. The maximum absolute atomic E-state index is 12.1. The molecule has 0 aliphatic heterocycles. The van der Waals surface area contributed by atoms with Crippen LogP contribution in [0.2, 0.25) is 0 Å². The molecule has 1 rings (SSSR count). The summed E-state index contributed by atoms with van der Waals surface area (Å²) in [5.41, 5.74) is 0.649. The highest BCUT2D eigenvalue weighted by molar-refractivity contribution is 7.93. The number of aromatic nitrogens is 2. The van der Waals surface area contributed by atoms with E-state index in [2.05, 4.69) is 30.2 Å². The monoisotopic (exact) mass is 243 g/mol. The third kappa shape index (κ3) is 3.07. The Balaban J connectivity index is 3.09. The van der Waals surface area contributed by atoms with Crippen LogP contribution in [0.15, 0.2) is 16.8 Å². The number of hydrogen-bond donors (Lipinski definition) is 0. The van der Waals surface area contributed by atoms with Crippen molar-refractivity contribution < 1.29 is 4.21 Å². The lowest BCUT2D eigenvalue weighted by molar-refractivity contribution is 0.355. The molecule has 0 spiro atoms. The van der Waals surface area contributed by atoms with E-state index in [0.717, 1.165) is 0 Å². The summed E-state index contributed by atoms with van der Waals surface area (Å²) < 4.78 is 18.3. The van der Waals surface area contributed by atoms with Crippen LogP contribution in [0.25, 0.3) is 0 Å². The second kappa shape index (κ2) is 4.57. The van der Waals surface area contributed by atoms with E-state index in [1.165, 1.54) is 0 Å². The van der Waals surface area contributed by atoms with Gasteiger partial charge in [-0.15, -0.1) is 0 Å². The van der Waals surface area contributed by atoms with Gasteiger partial charge < -0.3 is 0 Å². The van der Waals surface area contributed by atoms with Crippen LogP contribution in [0.3, 0.4) is 0 Å². The van der Waals surface area contributed by atoms with Crippen LogP contribution in [-0.4, -0.2) is 25.5 Å². The van der Waals surface area contributed by atoms with Crippen molar-refractivity contribution in [2.24, 2.45) is 4.36 Å². The zero-order chi connectivity index (χ0) is 12.4. The smallest absolute Gasteiger partial charge is 0.111 e. The molecule has 4 nitrogen and oxygen atoms in total. The van der Waals surface area contributed by atoms with Crippen LogP contribution < -0.4 is 0 Å². The lowest BCUT2D eigenvalue weighted by Crippen LogP contribution is -2.21. The molecule has 1 aromatic heterocycles. The van der Waals surface area contributed by atoms with Gasteiger partial charge in [0.05, 0.1) is 27.7 Å². The van der Waals surface area contributed by atoms with E-state index < -0.39 is 9.73 Å². The summed E-state index contributed by atoms with van der Waals surface area (Å²) in [5, 5.41) is 4.24. The minimum atomic E-state index is -2.08. The first-order valence-corrected chi connectivity index (χ1v) is 7.43. The van der Waals surface area contributed by atoms with Crippen molar-refractivity contribution in [1.29, 1.82) is 0 Å². The quantitative estimate of drug-likeness (QED) is 0.819. The van der Waals surface area contributed by atoms with E-state index in [1.807, 2.05) is 24.7 Å². The van der Waals surface area contributed by atoms with Gasteiger partial charge in [0, 0.05) is 11.5 Å². The maximum atomic E-state index is 12.1. The van der Waals surface area contributed by atoms with Gasteiger partial charge in [0.25, 0.3) is 0 Å². The highest BCUT2D eigenvalue weighted by atomic mass is 32.2. The normalized spacial score (nSPS) is 12.8. The summed E-state index contributed by atoms with van der Waals surface area (Å²) in [4.78, 5) is 0. The first kappa shape index (κ1) is 13.2. The fourth-order valence-electron chi connectivity index (χ4n) is 1.25. The molecule has 0 aliphatic carbocycles. The summed E-state index contributed by atoms with van der Waals surface area (Å²) in [6.45, 7) is 10.0. The van der Waals surface area contributed by atoms with Crippen LogP contribution in [0, 0.1) is 0 Å². The minimum Gasteiger partial charge on any atom is -0.265 e. The molecule has 0 saturated carbocycles. The molecule has 0 atom stereocenters. The Morgan fingerprint density at radius 2 is 1.94 bits per heavy atom.